The molecule has 0 fully saturated rings. The van der Waals surface area contributed by atoms with E-state index in [1.165, 1.54) is 13.2 Å². The third-order valence-electron chi connectivity index (χ3n) is 5.92. The highest BCUT2D eigenvalue weighted by molar-refractivity contribution is 6.32. The number of hydrogen-bond acceptors (Lipinski definition) is 8. The first-order valence-corrected chi connectivity index (χ1v) is 11.2. The van der Waals surface area contributed by atoms with E-state index in [1.54, 1.807) is 26.8 Å². The number of dihydropyridines is 1. The van der Waals surface area contributed by atoms with Crippen LogP contribution in [0.4, 0.5) is 0 Å². The number of aromatic hydroxyl groups is 1. The summed E-state index contributed by atoms with van der Waals surface area (Å²) in [4.78, 5) is 39.1. The van der Waals surface area contributed by atoms with Crippen molar-refractivity contribution in [1.29, 1.82) is 0 Å². The fourth-order valence-corrected chi connectivity index (χ4v) is 4.74. The molecule has 2 N–H and O–H groups in total. The van der Waals surface area contributed by atoms with Crippen LogP contribution in [0.25, 0.3) is 0 Å². The van der Waals surface area contributed by atoms with Gasteiger partial charge in [0.15, 0.2) is 17.3 Å². The van der Waals surface area contributed by atoms with Gasteiger partial charge in [0.1, 0.15) is 5.92 Å². The largest absolute Gasteiger partial charge is 0.503 e. The molecular formula is C24H28ClNO7. The van der Waals surface area contributed by atoms with Gasteiger partial charge in [-0.3, -0.25) is 9.59 Å². The van der Waals surface area contributed by atoms with Crippen molar-refractivity contribution in [3.63, 3.8) is 0 Å². The van der Waals surface area contributed by atoms with Gasteiger partial charge in [-0.15, -0.1) is 0 Å². The van der Waals surface area contributed by atoms with Crippen molar-refractivity contribution in [3.05, 3.63) is 45.3 Å². The zero-order valence-corrected chi connectivity index (χ0v) is 20.0. The molecule has 0 aromatic heterocycles. The van der Waals surface area contributed by atoms with E-state index in [1.807, 2.05) is 6.92 Å². The molecule has 1 aromatic rings. The van der Waals surface area contributed by atoms with Crippen LogP contribution in [0.1, 0.15) is 45.6 Å². The molecule has 0 unspecified atom stereocenters. The normalized spacial score (nSPS) is 22.5. The average molecular weight is 478 g/mol. The molecule has 1 aliphatic heterocycles. The van der Waals surface area contributed by atoms with Crippen LogP contribution in [-0.4, -0.2) is 43.2 Å². The molecular weight excluding hydrogens is 450 g/mol. The highest BCUT2D eigenvalue weighted by Gasteiger charge is 2.47. The Morgan fingerprint density at radius 3 is 2.55 bits per heavy atom. The predicted molar refractivity (Wildman–Crippen MR) is 121 cm³/mol. The van der Waals surface area contributed by atoms with Crippen LogP contribution in [0.5, 0.6) is 11.5 Å². The molecule has 2 aliphatic rings. The Kier molecular flexibility index (Phi) is 7.37. The Labute approximate surface area is 197 Å². The Balaban J connectivity index is 2.26. The topological polar surface area (TPSA) is 111 Å². The number of carbonyl (C=O) groups excluding carboxylic acids is 3. The lowest BCUT2D eigenvalue weighted by Gasteiger charge is -2.38. The molecule has 0 amide bonds. The summed E-state index contributed by atoms with van der Waals surface area (Å²) in [5.74, 6) is -3.92. The van der Waals surface area contributed by atoms with Gasteiger partial charge in [0.2, 0.25) is 0 Å². The Bertz CT molecular complexity index is 1060. The van der Waals surface area contributed by atoms with E-state index in [-0.39, 0.29) is 46.8 Å². The highest BCUT2D eigenvalue weighted by Crippen LogP contribution is 2.48. The number of benzene rings is 1. The predicted octanol–water partition coefficient (Wildman–Crippen LogP) is 3.62. The van der Waals surface area contributed by atoms with E-state index in [2.05, 4.69) is 5.32 Å². The van der Waals surface area contributed by atoms with Gasteiger partial charge < -0.3 is 24.6 Å². The zero-order valence-electron chi connectivity index (χ0n) is 19.3. The first kappa shape index (κ1) is 24.6. The summed E-state index contributed by atoms with van der Waals surface area (Å²) in [5.41, 5.74) is 2.14. The molecule has 0 saturated heterocycles. The Morgan fingerprint density at radius 2 is 1.94 bits per heavy atom. The molecule has 0 radical (unpaired) electrons. The monoisotopic (exact) mass is 477 g/mol. The smallest absolute Gasteiger partial charge is 0.336 e. The Hall–Kier alpha value is -3.00. The van der Waals surface area contributed by atoms with E-state index < -0.39 is 29.6 Å². The molecule has 8 nitrogen and oxygen atoms in total. The van der Waals surface area contributed by atoms with Crippen molar-refractivity contribution in [2.45, 2.75) is 40.0 Å². The third kappa shape index (κ3) is 4.44. The minimum Gasteiger partial charge on any atom is -0.503 e. The summed E-state index contributed by atoms with van der Waals surface area (Å²) in [5, 5.41) is 13.5. The number of ketones is 1. The van der Waals surface area contributed by atoms with E-state index in [4.69, 9.17) is 25.8 Å². The van der Waals surface area contributed by atoms with Crippen molar-refractivity contribution in [2.24, 2.45) is 11.8 Å². The number of hydrogen-bond donors (Lipinski definition) is 2. The molecule has 1 aromatic carbocycles. The van der Waals surface area contributed by atoms with Crippen molar-refractivity contribution in [3.8, 4) is 11.5 Å². The number of Topliss-reactive ketones (excluding diaryl/α,β-unsaturated/α-hetero) is 1. The molecule has 178 valence electrons. The van der Waals surface area contributed by atoms with Gasteiger partial charge in [-0.25, -0.2) is 4.79 Å². The second-order valence-electron chi connectivity index (χ2n) is 8.04. The summed E-state index contributed by atoms with van der Waals surface area (Å²) >= 11 is 6.28. The van der Waals surface area contributed by atoms with Crippen LogP contribution >= 0.6 is 11.6 Å². The number of rotatable bonds is 6. The maximum atomic E-state index is 13.7. The summed E-state index contributed by atoms with van der Waals surface area (Å²) in [6.07, 6.45) is 0.412. The number of phenolic OH excluding ortho intramolecular Hbond substituents is 1. The lowest BCUT2D eigenvalue weighted by Crippen LogP contribution is -2.43. The fraction of sp³-hybridized carbons (Fsp3) is 0.458. The van der Waals surface area contributed by atoms with Crippen LogP contribution in [0.2, 0.25) is 5.02 Å². The van der Waals surface area contributed by atoms with Crippen LogP contribution in [0.3, 0.4) is 0 Å². The average Bonchev–Trinajstić information content (AvgIpc) is 2.75. The summed E-state index contributed by atoms with van der Waals surface area (Å²) < 4.78 is 15.7. The van der Waals surface area contributed by atoms with E-state index in [9.17, 15) is 19.5 Å². The van der Waals surface area contributed by atoms with Gasteiger partial charge in [-0.05, 0) is 50.8 Å². The van der Waals surface area contributed by atoms with E-state index >= 15 is 0 Å². The first-order chi connectivity index (χ1) is 15.7. The standard InChI is InChI=1S/C24H28ClNO7/c1-6-32-16-10-13(9-14(25)21(16)27)19-18(24(30)33-7-2)12(4)26-15-8-11(3)17(23(29)31-5)22(28)20(15)19/h9-11,17,19,26-27H,6-8H2,1-5H3/t11-,17+,19-/m1/s1. The number of allylic oxidation sites excluding steroid dienone is 3. The van der Waals surface area contributed by atoms with Gasteiger partial charge in [0.25, 0.3) is 0 Å². The minimum absolute atomic E-state index is 0.0126. The lowest BCUT2D eigenvalue weighted by atomic mass is 9.69. The summed E-state index contributed by atoms with van der Waals surface area (Å²) in [6, 6.07) is 3.04. The number of methoxy groups -OCH3 is 1. The first-order valence-electron chi connectivity index (χ1n) is 10.8. The molecule has 0 spiro atoms. The van der Waals surface area contributed by atoms with Gasteiger partial charge in [-0.2, -0.15) is 0 Å². The molecule has 3 rings (SSSR count). The van der Waals surface area contributed by atoms with Crippen LogP contribution in [0, 0.1) is 11.8 Å². The molecule has 9 heteroatoms. The highest BCUT2D eigenvalue weighted by atomic mass is 35.5. The third-order valence-corrected chi connectivity index (χ3v) is 6.21. The van der Waals surface area contributed by atoms with Gasteiger partial charge in [0, 0.05) is 22.9 Å². The van der Waals surface area contributed by atoms with Crippen molar-refractivity contribution in [2.75, 3.05) is 20.3 Å². The molecule has 1 aliphatic carbocycles. The number of phenols is 1. The number of halogens is 1. The maximum Gasteiger partial charge on any atom is 0.336 e. The number of carbonyl (C=O) groups is 3. The SMILES string of the molecule is CCOC(=O)C1=C(C)NC2=C(C(=O)[C@@H](C(=O)OC)[C@H](C)C2)[C@@H]1c1cc(Cl)c(O)c(OCC)c1. The maximum absolute atomic E-state index is 13.7. The molecule has 3 atom stereocenters. The van der Waals surface area contributed by atoms with Gasteiger partial charge in [-0.1, -0.05) is 18.5 Å². The molecule has 0 saturated carbocycles. The van der Waals surface area contributed by atoms with E-state index in [0.717, 1.165) is 0 Å². The van der Waals surface area contributed by atoms with E-state index in [0.29, 0.717) is 23.4 Å². The Morgan fingerprint density at radius 1 is 1.24 bits per heavy atom. The fourth-order valence-electron chi connectivity index (χ4n) is 4.52. The quantitative estimate of drug-likeness (QED) is 0.472. The van der Waals surface area contributed by atoms with Crippen molar-refractivity contribution < 1.29 is 33.7 Å². The van der Waals surface area contributed by atoms with Gasteiger partial charge in [0.05, 0.1) is 30.9 Å². The van der Waals surface area contributed by atoms with Gasteiger partial charge >= 0.3 is 11.9 Å². The summed E-state index contributed by atoms with van der Waals surface area (Å²) in [6.45, 7) is 7.40. The minimum atomic E-state index is -1.00. The second-order valence-corrected chi connectivity index (χ2v) is 8.45. The van der Waals surface area contributed by atoms with Crippen molar-refractivity contribution in [1.82, 2.24) is 5.32 Å². The zero-order chi connectivity index (χ0) is 24.4. The molecule has 33 heavy (non-hydrogen) atoms. The number of esters is 2. The molecule has 1 heterocycles. The number of nitrogens with one attached hydrogen (secondary N) is 1. The molecule has 0 bridgehead atoms. The summed E-state index contributed by atoms with van der Waals surface area (Å²) in [7, 11) is 1.24. The second kappa shape index (κ2) is 9.87. The van der Waals surface area contributed by atoms with Crippen LogP contribution in [0.15, 0.2) is 34.7 Å². The lowest BCUT2D eigenvalue weighted by molar-refractivity contribution is -0.151. The van der Waals surface area contributed by atoms with Crippen molar-refractivity contribution >= 4 is 29.3 Å². The van der Waals surface area contributed by atoms with Crippen LogP contribution < -0.4 is 10.1 Å². The number of ether oxygens (including phenoxy) is 3. The van der Waals surface area contributed by atoms with Crippen LogP contribution in [-0.2, 0) is 23.9 Å².